The fourth-order valence-corrected chi connectivity index (χ4v) is 3.81. The van der Waals surface area contributed by atoms with Gasteiger partial charge in [-0.05, 0) is 42.0 Å². The summed E-state index contributed by atoms with van der Waals surface area (Å²) in [4.78, 5) is 17.0. The van der Waals surface area contributed by atoms with Crippen LogP contribution in [0.3, 0.4) is 0 Å². The summed E-state index contributed by atoms with van der Waals surface area (Å²) in [5.41, 5.74) is 1.07. The highest BCUT2D eigenvalue weighted by Gasteiger charge is 2.27. The van der Waals surface area contributed by atoms with E-state index in [1.54, 1.807) is 7.11 Å². The second kappa shape index (κ2) is 8.43. The standard InChI is InChI=1S/C24H26N2O3/c1-18(29-21-12-11-19-7-3-4-8-20(19)17-21)24(27)26-15-13-25(14-16-26)22-9-5-6-10-23(22)28-2/h3-12,17-18H,13-16H2,1-2H3/t18-/m0/s1. The van der Waals surface area contributed by atoms with E-state index in [4.69, 9.17) is 9.47 Å². The van der Waals surface area contributed by atoms with Crippen LogP contribution in [0, 0.1) is 0 Å². The van der Waals surface area contributed by atoms with Crippen LogP contribution < -0.4 is 14.4 Å². The van der Waals surface area contributed by atoms with Gasteiger partial charge in [0.15, 0.2) is 6.10 Å². The minimum Gasteiger partial charge on any atom is -0.495 e. The number of carbonyl (C=O) groups is 1. The van der Waals surface area contributed by atoms with E-state index in [1.807, 2.05) is 66.4 Å². The van der Waals surface area contributed by atoms with E-state index in [0.717, 1.165) is 41.0 Å². The van der Waals surface area contributed by atoms with Gasteiger partial charge in [-0.1, -0.05) is 42.5 Å². The number of amides is 1. The molecule has 1 amide bonds. The van der Waals surface area contributed by atoms with E-state index in [-0.39, 0.29) is 5.91 Å². The average Bonchev–Trinajstić information content (AvgIpc) is 2.78. The molecule has 5 nitrogen and oxygen atoms in total. The molecule has 4 rings (SSSR count). The number of hydrogen-bond donors (Lipinski definition) is 0. The predicted octanol–water partition coefficient (Wildman–Crippen LogP) is 3.96. The lowest BCUT2D eigenvalue weighted by Crippen LogP contribution is -2.52. The van der Waals surface area contributed by atoms with Crippen LogP contribution in [0.1, 0.15) is 6.92 Å². The Bertz CT molecular complexity index is 996. The van der Waals surface area contributed by atoms with E-state index < -0.39 is 6.10 Å². The fourth-order valence-electron chi connectivity index (χ4n) is 3.81. The first-order chi connectivity index (χ1) is 14.2. The van der Waals surface area contributed by atoms with Crippen molar-refractivity contribution in [3.63, 3.8) is 0 Å². The Hall–Kier alpha value is -3.21. The summed E-state index contributed by atoms with van der Waals surface area (Å²) in [6.07, 6.45) is -0.519. The number of carbonyl (C=O) groups excluding carboxylic acids is 1. The number of benzene rings is 3. The average molecular weight is 390 g/mol. The molecule has 1 saturated heterocycles. The largest absolute Gasteiger partial charge is 0.495 e. The van der Waals surface area contributed by atoms with Crippen molar-refractivity contribution in [3.05, 3.63) is 66.7 Å². The van der Waals surface area contributed by atoms with E-state index in [0.29, 0.717) is 13.1 Å². The van der Waals surface area contributed by atoms with Crippen molar-refractivity contribution in [1.29, 1.82) is 0 Å². The van der Waals surface area contributed by atoms with Gasteiger partial charge in [0, 0.05) is 26.2 Å². The summed E-state index contributed by atoms with van der Waals surface area (Å²) >= 11 is 0. The molecule has 1 aliphatic rings. The van der Waals surface area contributed by atoms with Crippen molar-refractivity contribution in [3.8, 4) is 11.5 Å². The first-order valence-electron chi connectivity index (χ1n) is 9.98. The summed E-state index contributed by atoms with van der Waals surface area (Å²) in [5.74, 6) is 1.61. The molecule has 1 fully saturated rings. The molecule has 1 heterocycles. The maximum atomic E-state index is 12.9. The Morgan fingerprint density at radius 1 is 0.897 bits per heavy atom. The van der Waals surface area contributed by atoms with Gasteiger partial charge in [0.1, 0.15) is 11.5 Å². The molecule has 3 aromatic rings. The zero-order valence-electron chi connectivity index (χ0n) is 16.9. The minimum absolute atomic E-state index is 0.0258. The number of piperazine rings is 1. The first-order valence-corrected chi connectivity index (χ1v) is 9.98. The van der Waals surface area contributed by atoms with Crippen molar-refractivity contribution in [1.82, 2.24) is 4.90 Å². The molecule has 3 aromatic carbocycles. The van der Waals surface area contributed by atoms with Crippen LogP contribution in [0.15, 0.2) is 66.7 Å². The number of ether oxygens (including phenoxy) is 2. The van der Waals surface area contributed by atoms with Crippen LogP contribution >= 0.6 is 0 Å². The molecular weight excluding hydrogens is 364 g/mol. The Balaban J connectivity index is 1.37. The number of hydrogen-bond acceptors (Lipinski definition) is 4. The van der Waals surface area contributed by atoms with Crippen LogP contribution in [0.4, 0.5) is 5.69 Å². The molecule has 0 spiro atoms. The molecule has 150 valence electrons. The Morgan fingerprint density at radius 2 is 1.59 bits per heavy atom. The van der Waals surface area contributed by atoms with Crippen molar-refractivity contribution < 1.29 is 14.3 Å². The monoisotopic (exact) mass is 390 g/mol. The highest BCUT2D eigenvalue weighted by molar-refractivity contribution is 5.84. The second-order valence-corrected chi connectivity index (χ2v) is 7.25. The van der Waals surface area contributed by atoms with Gasteiger partial charge in [-0.25, -0.2) is 0 Å². The van der Waals surface area contributed by atoms with Crippen LogP contribution in [0.5, 0.6) is 11.5 Å². The molecule has 1 atom stereocenters. The van der Waals surface area contributed by atoms with Gasteiger partial charge in [0.2, 0.25) is 0 Å². The zero-order chi connectivity index (χ0) is 20.2. The Kier molecular flexibility index (Phi) is 5.56. The van der Waals surface area contributed by atoms with Crippen LogP contribution in [0.2, 0.25) is 0 Å². The Morgan fingerprint density at radius 3 is 2.34 bits per heavy atom. The third-order valence-electron chi connectivity index (χ3n) is 5.40. The molecule has 0 N–H and O–H groups in total. The molecule has 0 aromatic heterocycles. The summed E-state index contributed by atoms with van der Waals surface area (Å²) in [6, 6.07) is 22.1. The fraction of sp³-hybridized carbons (Fsp3) is 0.292. The lowest BCUT2D eigenvalue weighted by atomic mass is 10.1. The third-order valence-corrected chi connectivity index (χ3v) is 5.40. The molecule has 0 unspecified atom stereocenters. The van der Waals surface area contributed by atoms with Gasteiger partial charge in [0.05, 0.1) is 12.8 Å². The topological polar surface area (TPSA) is 42.0 Å². The normalized spacial score (nSPS) is 15.2. The molecule has 29 heavy (non-hydrogen) atoms. The number of rotatable bonds is 5. The number of fused-ring (bicyclic) bond motifs is 1. The second-order valence-electron chi connectivity index (χ2n) is 7.25. The van der Waals surface area contributed by atoms with Gasteiger partial charge in [0.25, 0.3) is 5.91 Å². The molecule has 0 radical (unpaired) electrons. The molecule has 0 saturated carbocycles. The summed E-state index contributed by atoms with van der Waals surface area (Å²) in [6.45, 7) is 4.71. The van der Waals surface area contributed by atoms with Crippen LogP contribution in [-0.2, 0) is 4.79 Å². The van der Waals surface area contributed by atoms with Gasteiger partial charge in [-0.3, -0.25) is 4.79 Å². The minimum atomic E-state index is -0.519. The maximum absolute atomic E-state index is 12.9. The number of anilines is 1. The molecule has 0 bridgehead atoms. The molecule has 5 heteroatoms. The van der Waals surface area contributed by atoms with Crippen molar-refractivity contribution in [2.45, 2.75) is 13.0 Å². The van der Waals surface area contributed by atoms with Gasteiger partial charge in [-0.2, -0.15) is 0 Å². The summed E-state index contributed by atoms with van der Waals surface area (Å²) in [7, 11) is 1.68. The molecule has 0 aliphatic carbocycles. The highest BCUT2D eigenvalue weighted by Crippen LogP contribution is 2.28. The molecular formula is C24H26N2O3. The first kappa shape index (κ1) is 19.1. The Labute approximate surface area is 171 Å². The molecule has 1 aliphatic heterocycles. The quantitative estimate of drug-likeness (QED) is 0.661. The number of para-hydroxylation sites is 2. The number of methoxy groups -OCH3 is 1. The van der Waals surface area contributed by atoms with Crippen LogP contribution in [0.25, 0.3) is 10.8 Å². The van der Waals surface area contributed by atoms with Crippen molar-refractivity contribution in [2.24, 2.45) is 0 Å². The summed E-state index contributed by atoms with van der Waals surface area (Å²) in [5, 5.41) is 2.27. The van der Waals surface area contributed by atoms with E-state index >= 15 is 0 Å². The van der Waals surface area contributed by atoms with E-state index in [2.05, 4.69) is 17.0 Å². The van der Waals surface area contributed by atoms with Gasteiger partial charge < -0.3 is 19.3 Å². The third kappa shape index (κ3) is 4.14. The SMILES string of the molecule is COc1ccccc1N1CCN(C(=O)[C@H](C)Oc2ccc3ccccc3c2)CC1. The maximum Gasteiger partial charge on any atom is 0.263 e. The zero-order valence-corrected chi connectivity index (χ0v) is 16.9. The van der Waals surface area contributed by atoms with Crippen LogP contribution in [-0.4, -0.2) is 50.2 Å². The smallest absolute Gasteiger partial charge is 0.263 e. The van der Waals surface area contributed by atoms with Crippen molar-refractivity contribution in [2.75, 3.05) is 38.2 Å². The van der Waals surface area contributed by atoms with Gasteiger partial charge >= 0.3 is 0 Å². The van der Waals surface area contributed by atoms with Gasteiger partial charge in [-0.15, -0.1) is 0 Å². The summed E-state index contributed by atoms with van der Waals surface area (Å²) < 4.78 is 11.4. The van der Waals surface area contributed by atoms with E-state index in [1.165, 1.54) is 0 Å². The van der Waals surface area contributed by atoms with E-state index in [9.17, 15) is 4.79 Å². The highest BCUT2D eigenvalue weighted by atomic mass is 16.5. The predicted molar refractivity (Wildman–Crippen MR) is 116 cm³/mol. The number of nitrogens with zero attached hydrogens (tertiary/aromatic N) is 2. The lowest BCUT2D eigenvalue weighted by Gasteiger charge is -2.37. The van der Waals surface area contributed by atoms with Crippen molar-refractivity contribution >= 4 is 22.4 Å². The lowest BCUT2D eigenvalue weighted by molar-refractivity contribution is -0.138.